The third kappa shape index (κ3) is 4.84. The molecule has 0 saturated carbocycles. The molecule has 0 radical (unpaired) electrons. The molecule has 3 heterocycles. The predicted octanol–water partition coefficient (Wildman–Crippen LogP) is 4.50. The highest BCUT2D eigenvalue weighted by molar-refractivity contribution is 5.84. The van der Waals surface area contributed by atoms with E-state index in [9.17, 15) is 4.39 Å². The maximum Gasteiger partial charge on any atom is 0.170 e. The van der Waals surface area contributed by atoms with Gasteiger partial charge in [0.1, 0.15) is 18.0 Å². The van der Waals surface area contributed by atoms with Crippen molar-refractivity contribution in [2.75, 3.05) is 49.5 Å². The zero-order valence-electron chi connectivity index (χ0n) is 20.6. The van der Waals surface area contributed by atoms with Crippen LogP contribution in [-0.4, -0.2) is 63.7 Å². The molecule has 7 nitrogen and oxygen atoms in total. The van der Waals surface area contributed by atoms with Gasteiger partial charge in [-0.2, -0.15) is 0 Å². The lowest BCUT2D eigenvalue weighted by Crippen LogP contribution is -2.47. The van der Waals surface area contributed by atoms with Crippen molar-refractivity contribution in [2.45, 2.75) is 27.2 Å². The topological polar surface area (TPSA) is 62.1 Å². The third-order valence-corrected chi connectivity index (χ3v) is 6.93. The summed E-state index contributed by atoms with van der Waals surface area (Å²) < 4.78 is 15.3. The smallest absolute Gasteiger partial charge is 0.170 e. The number of benzene rings is 2. The number of aryl methyl sites for hydroxylation is 2. The van der Waals surface area contributed by atoms with Gasteiger partial charge in [0, 0.05) is 44.1 Å². The van der Waals surface area contributed by atoms with Gasteiger partial charge in [-0.25, -0.2) is 19.3 Å². The van der Waals surface area contributed by atoms with Gasteiger partial charge in [-0.15, -0.1) is 0 Å². The minimum absolute atomic E-state index is 0.264. The van der Waals surface area contributed by atoms with E-state index in [2.05, 4.69) is 57.1 Å². The largest absolute Gasteiger partial charge is 0.369 e. The molecule has 0 bridgehead atoms. The van der Waals surface area contributed by atoms with Gasteiger partial charge in [0.2, 0.25) is 0 Å². The molecule has 5 rings (SSSR count). The van der Waals surface area contributed by atoms with Crippen molar-refractivity contribution in [1.29, 1.82) is 0 Å². The van der Waals surface area contributed by atoms with Crippen molar-refractivity contribution >= 4 is 22.7 Å². The number of imidazole rings is 1. The fraction of sp³-hybridized carbons (Fsp3) is 0.370. The number of piperazine rings is 1. The first kappa shape index (κ1) is 23.2. The second-order valence-electron chi connectivity index (χ2n) is 9.19. The number of aromatic nitrogens is 4. The van der Waals surface area contributed by atoms with Crippen molar-refractivity contribution in [2.24, 2.45) is 0 Å². The van der Waals surface area contributed by atoms with E-state index in [1.807, 2.05) is 11.5 Å². The molecule has 0 atom stereocenters. The molecule has 8 heteroatoms. The lowest BCUT2D eigenvalue weighted by Gasteiger charge is -2.37. The van der Waals surface area contributed by atoms with Crippen LogP contribution in [0.2, 0.25) is 0 Å². The monoisotopic (exact) mass is 473 g/mol. The summed E-state index contributed by atoms with van der Waals surface area (Å²) in [7, 11) is 0. The summed E-state index contributed by atoms with van der Waals surface area (Å²) in [6.45, 7) is 12.5. The molecule has 1 N–H and O–H groups in total. The molecule has 1 aliphatic heterocycles. The molecule has 0 spiro atoms. The SMILES string of the molecule is Cc1cccc(N2CCN(CCCNc3ncnc4c3nc(C)n4-c3ccc(F)cc3)CC2)c1C. The number of hydrogen-bond donors (Lipinski definition) is 1. The molecule has 2 aromatic carbocycles. The normalized spacial score (nSPS) is 14.6. The predicted molar refractivity (Wildman–Crippen MR) is 139 cm³/mol. The number of hydrogen-bond acceptors (Lipinski definition) is 6. The summed E-state index contributed by atoms with van der Waals surface area (Å²) in [5.74, 6) is 1.26. The van der Waals surface area contributed by atoms with Crippen LogP contribution in [0.4, 0.5) is 15.9 Å². The van der Waals surface area contributed by atoms with E-state index in [4.69, 9.17) is 4.98 Å². The number of nitrogens with zero attached hydrogens (tertiary/aromatic N) is 6. The fourth-order valence-electron chi connectivity index (χ4n) is 4.83. The molecule has 4 aromatic rings. The number of rotatable bonds is 7. The quantitative estimate of drug-likeness (QED) is 0.399. The molecule has 35 heavy (non-hydrogen) atoms. The Morgan fingerprint density at radius 1 is 0.943 bits per heavy atom. The molecule has 1 saturated heterocycles. The Labute approximate surface area is 205 Å². The van der Waals surface area contributed by atoms with Crippen LogP contribution in [-0.2, 0) is 0 Å². The summed E-state index contributed by atoms with van der Waals surface area (Å²) in [5.41, 5.74) is 6.39. The summed E-state index contributed by atoms with van der Waals surface area (Å²) in [5, 5.41) is 3.45. The van der Waals surface area contributed by atoms with Gasteiger partial charge in [-0.3, -0.25) is 9.47 Å². The Bertz CT molecular complexity index is 1310. The van der Waals surface area contributed by atoms with E-state index >= 15 is 0 Å². The van der Waals surface area contributed by atoms with Gasteiger partial charge in [-0.1, -0.05) is 12.1 Å². The first-order valence-corrected chi connectivity index (χ1v) is 12.2. The lowest BCUT2D eigenvalue weighted by atomic mass is 10.1. The van der Waals surface area contributed by atoms with Crippen molar-refractivity contribution in [3.05, 3.63) is 71.6 Å². The Hall–Kier alpha value is -3.52. The lowest BCUT2D eigenvalue weighted by molar-refractivity contribution is 0.257. The van der Waals surface area contributed by atoms with Crippen molar-refractivity contribution in [3.63, 3.8) is 0 Å². The van der Waals surface area contributed by atoms with E-state index < -0.39 is 0 Å². The molecule has 1 fully saturated rings. The molecule has 0 aliphatic carbocycles. The van der Waals surface area contributed by atoms with E-state index in [-0.39, 0.29) is 5.82 Å². The summed E-state index contributed by atoms with van der Waals surface area (Å²) in [4.78, 5) is 18.6. The van der Waals surface area contributed by atoms with E-state index in [1.165, 1.54) is 28.9 Å². The standard InChI is InChI=1S/C27H32FN7/c1-19-6-4-7-24(20(19)2)34-16-14-33(15-17-34)13-5-12-29-26-25-27(31-18-30-26)35(21(3)32-25)23-10-8-22(28)9-11-23/h4,6-11,18H,5,12-17H2,1-3H3,(H,29,30,31). The Morgan fingerprint density at radius 3 is 2.49 bits per heavy atom. The van der Waals surface area contributed by atoms with Crippen LogP contribution >= 0.6 is 0 Å². The van der Waals surface area contributed by atoms with Gasteiger partial charge >= 0.3 is 0 Å². The van der Waals surface area contributed by atoms with Gasteiger partial charge < -0.3 is 10.2 Å². The third-order valence-electron chi connectivity index (χ3n) is 6.93. The molecular weight excluding hydrogens is 441 g/mol. The maximum atomic E-state index is 13.4. The summed E-state index contributed by atoms with van der Waals surface area (Å²) >= 11 is 0. The van der Waals surface area contributed by atoms with Crippen molar-refractivity contribution in [1.82, 2.24) is 24.4 Å². The van der Waals surface area contributed by atoms with Crippen molar-refractivity contribution < 1.29 is 4.39 Å². The van der Waals surface area contributed by atoms with Gasteiger partial charge in [0.05, 0.1) is 0 Å². The molecule has 1 aliphatic rings. The van der Waals surface area contributed by atoms with Gasteiger partial charge in [0.25, 0.3) is 0 Å². The average molecular weight is 474 g/mol. The van der Waals surface area contributed by atoms with Crippen LogP contribution < -0.4 is 10.2 Å². The van der Waals surface area contributed by atoms with Crippen LogP contribution in [0, 0.1) is 26.6 Å². The Morgan fingerprint density at radius 2 is 1.71 bits per heavy atom. The molecule has 0 unspecified atom stereocenters. The van der Waals surface area contributed by atoms with Crippen LogP contribution in [0.3, 0.4) is 0 Å². The molecule has 0 amide bonds. The fourth-order valence-corrected chi connectivity index (χ4v) is 4.83. The first-order chi connectivity index (χ1) is 17.0. The van der Waals surface area contributed by atoms with Crippen LogP contribution in [0.25, 0.3) is 16.9 Å². The van der Waals surface area contributed by atoms with Crippen molar-refractivity contribution in [3.8, 4) is 5.69 Å². The Balaban J connectivity index is 1.17. The maximum absolute atomic E-state index is 13.4. The second-order valence-corrected chi connectivity index (χ2v) is 9.19. The van der Waals surface area contributed by atoms with E-state index in [1.54, 1.807) is 18.5 Å². The number of nitrogens with one attached hydrogen (secondary N) is 1. The van der Waals surface area contributed by atoms with Crippen LogP contribution in [0.1, 0.15) is 23.4 Å². The second kappa shape index (κ2) is 10.00. The first-order valence-electron chi connectivity index (χ1n) is 12.2. The van der Waals surface area contributed by atoms with Gasteiger partial charge in [0.15, 0.2) is 17.0 Å². The minimum Gasteiger partial charge on any atom is -0.369 e. The summed E-state index contributed by atoms with van der Waals surface area (Å²) in [6.07, 6.45) is 2.57. The highest BCUT2D eigenvalue weighted by Gasteiger charge is 2.19. The molecule has 2 aromatic heterocycles. The highest BCUT2D eigenvalue weighted by Crippen LogP contribution is 2.25. The van der Waals surface area contributed by atoms with Crippen LogP contribution in [0.5, 0.6) is 0 Å². The van der Waals surface area contributed by atoms with E-state index in [0.717, 1.165) is 68.5 Å². The highest BCUT2D eigenvalue weighted by atomic mass is 19.1. The number of fused-ring (bicyclic) bond motifs is 1. The Kier molecular flexibility index (Phi) is 6.63. The summed E-state index contributed by atoms with van der Waals surface area (Å²) in [6, 6.07) is 12.9. The zero-order valence-corrected chi connectivity index (χ0v) is 20.6. The number of anilines is 2. The minimum atomic E-state index is -0.264. The number of halogens is 1. The zero-order chi connectivity index (χ0) is 24.4. The molecule has 182 valence electrons. The molecular formula is C27H32FN7. The van der Waals surface area contributed by atoms with E-state index in [0.29, 0.717) is 5.65 Å². The van der Waals surface area contributed by atoms with Crippen LogP contribution in [0.15, 0.2) is 48.8 Å². The van der Waals surface area contributed by atoms with Gasteiger partial charge in [-0.05, 0) is 75.2 Å². The average Bonchev–Trinajstić information content (AvgIpc) is 3.21.